The Morgan fingerprint density at radius 1 is 1.43 bits per heavy atom. The Hall–Kier alpha value is -0.570. The van der Waals surface area contributed by atoms with Crippen LogP contribution < -0.4 is 5.73 Å². The first-order valence-electron chi connectivity index (χ1n) is 5.21. The summed E-state index contributed by atoms with van der Waals surface area (Å²) in [5.41, 5.74) is 7.38. The number of anilines is 1. The van der Waals surface area contributed by atoms with Gasteiger partial charge < -0.3 is 5.73 Å². The molecule has 1 aromatic rings. The predicted molar refractivity (Wildman–Crippen MR) is 61.5 cm³/mol. The number of hydrogen-bond donors (Lipinski definition) is 1. The van der Waals surface area contributed by atoms with Gasteiger partial charge >= 0.3 is 0 Å². The Morgan fingerprint density at radius 3 is 2.79 bits per heavy atom. The van der Waals surface area contributed by atoms with Gasteiger partial charge in [-0.25, -0.2) is 4.98 Å². The molecule has 2 rings (SSSR count). The molecule has 0 saturated carbocycles. The third kappa shape index (κ3) is 1.78. The maximum absolute atomic E-state index is 5.72. The average Bonchev–Trinajstić information content (AvgIpc) is 2.41. The van der Waals surface area contributed by atoms with E-state index in [0.717, 1.165) is 17.5 Å². The van der Waals surface area contributed by atoms with Gasteiger partial charge in [0.1, 0.15) is 0 Å². The lowest BCUT2D eigenvalue weighted by molar-refractivity contribution is 0.215. The van der Waals surface area contributed by atoms with Crippen LogP contribution in [0.1, 0.15) is 37.8 Å². The van der Waals surface area contributed by atoms with Crippen molar-refractivity contribution in [3.05, 3.63) is 10.6 Å². The van der Waals surface area contributed by atoms with Gasteiger partial charge in [-0.05, 0) is 30.6 Å². The maximum Gasteiger partial charge on any atom is 0.180 e. The van der Waals surface area contributed by atoms with E-state index in [1.165, 1.54) is 23.4 Å². The molecule has 0 aliphatic heterocycles. The normalized spacial score (nSPS) is 22.1. The highest BCUT2D eigenvalue weighted by Crippen LogP contribution is 2.39. The number of nitrogens with zero attached hydrogens (tertiary/aromatic N) is 1. The molecule has 1 aromatic heterocycles. The van der Waals surface area contributed by atoms with Gasteiger partial charge in [0.05, 0.1) is 5.69 Å². The summed E-state index contributed by atoms with van der Waals surface area (Å²) in [4.78, 5) is 5.83. The van der Waals surface area contributed by atoms with Crippen molar-refractivity contribution < 1.29 is 0 Å². The maximum atomic E-state index is 5.72. The van der Waals surface area contributed by atoms with Crippen molar-refractivity contribution in [3.8, 4) is 0 Å². The molecule has 0 spiro atoms. The Bertz CT molecular complexity index is 336. The fourth-order valence-corrected chi connectivity index (χ4v) is 3.01. The number of hydrogen-bond acceptors (Lipinski definition) is 3. The van der Waals surface area contributed by atoms with E-state index in [0.29, 0.717) is 5.41 Å². The second-order valence-electron chi connectivity index (χ2n) is 5.23. The van der Waals surface area contributed by atoms with E-state index in [1.54, 1.807) is 11.3 Å². The number of aryl methyl sites for hydroxylation is 1. The lowest BCUT2D eigenvalue weighted by Crippen LogP contribution is -2.26. The van der Waals surface area contributed by atoms with Crippen molar-refractivity contribution in [3.63, 3.8) is 0 Å². The first-order chi connectivity index (χ1) is 6.47. The minimum atomic E-state index is 0.399. The van der Waals surface area contributed by atoms with Crippen molar-refractivity contribution in [2.24, 2.45) is 11.3 Å². The first-order valence-corrected chi connectivity index (χ1v) is 6.02. The van der Waals surface area contributed by atoms with Gasteiger partial charge in [-0.3, -0.25) is 0 Å². The van der Waals surface area contributed by atoms with E-state index < -0.39 is 0 Å². The third-order valence-electron chi connectivity index (χ3n) is 3.18. The molecule has 0 fully saturated rings. The van der Waals surface area contributed by atoms with Crippen LogP contribution in [0.3, 0.4) is 0 Å². The highest BCUT2D eigenvalue weighted by Gasteiger charge is 2.30. The van der Waals surface area contributed by atoms with Gasteiger partial charge in [-0.2, -0.15) is 0 Å². The van der Waals surface area contributed by atoms with Crippen LogP contribution in [0.15, 0.2) is 0 Å². The van der Waals surface area contributed by atoms with Crippen molar-refractivity contribution in [1.82, 2.24) is 4.98 Å². The molecular formula is C11H18N2S. The molecule has 1 aliphatic rings. The molecule has 0 radical (unpaired) electrons. The largest absolute Gasteiger partial charge is 0.375 e. The highest BCUT2D eigenvalue weighted by atomic mass is 32.1. The monoisotopic (exact) mass is 210 g/mol. The summed E-state index contributed by atoms with van der Waals surface area (Å²) in [7, 11) is 0. The zero-order valence-corrected chi connectivity index (χ0v) is 9.95. The molecular weight excluding hydrogens is 192 g/mol. The Labute approximate surface area is 89.5 Å². The van der Waals surface area contributed by atoms with Crippen LogP contribution in [0.25, 0.3) is 0 Å². The van der Waals surface area contributed by atoms with Gasteiger partial charge in [0.15, 0.2) is 5.13 Å². The van der Waals surface area contributed by atoms with Gasteiger partial charge in [-0.1, -0.05) is 20.8 Å². The van der Waals surface area contributed by atoms with Gasteiger partial charge in [0.25, 0.3) is 0 Å². The summed E-state index contributed by atoms with van der Waals surface area (Å²) in [5.74, 6) is 0.761. The highest BCUT2D eigenvalue weighted by molar-refractivity contribution is 7.15. The first kappa shape index (κ1) is 9.97. The smallest absolute Gasteiger partial charge is 0.180 e. The summed E-state index contributed by atoms with van der Waals surface area (Å²) in [6.07, 6.45) is 3.58. The van der Waals surface area contributed by atoms with E-state index >= 15 is 0 Å². The number of aromatic nitrogens is 1. The van der Waals surface area contributed by atoms with Crippen LogP contribution in [0.4, 0.5) is 5.13 Å². The van der Waals surface area contributed by atoms with E-state index in [9.17, 15) is 0 Å². The third-order valence-corrected chi connectivity index (χ3v) is 4.17. The molecule has 1 atom stereocenters. The number of rotatable bonds is 0. The average molecular weight is 210 g/mol. The molecule has 78 valence electrons. The predicted octanol–water partition coefficient (Wildman–Crippen LogP) is 2.88. The van der Waals surface area contributed by atoms with Crippen molar-refractivity contribution in [2.45, 2.75) is 40.0 Å². The summed E-state index contributed by atoms with van der Waals surface area (Å²) in [5, 5.41) is 0.740. The fourth-order valence-electron chi connectivity index (χ4n) is 2.14. The SMILES string of the molecule is CC(C)(C)C1CCc2sc(N)nc2C1. The number of nitrogen functional groups attached to an aromatic ring is 1. The summed E-state index contributed by atoms with van der Waals surface area (Å²) in [6, 6.07) is 0. The minimum Gasteiger partial charge on any atom is -0.375 e. The number of thiazole rings is 1. The molecule has 14 heavy (non-hydrogen) atoms. The van der Waals surface area contributed by atoms with Gasteiger partial charge in [-0.15, -0.1) is 11.3 Å². The molecule has 2 nitrogen and oxygen atoms in total. The molecule has 0 amide bonds. The molecule has 3 heteroatoms. The van der Waals surface area contributed by atoms with Crippen LogP contribution in [0.5, 0.6) is 0 Å². The molecule has 0 bridgehead atoms. The van der Waals surface area contributed by atoms with Crippen LogP contribution in [0, 0.1) is 11.3 Å². The second kappa shape index (κ2) is 3.23. The van der Waals surface area contributed by atoms with Gasteiger partial charge in [0, 0.05) is 4.88 Å². The van der Waals surface area contributed by atoms with Crippen LogP contribution in [-0.4, -0.2) is 4.98 Å². The summed E-state index contributed by atoms with van der Waals surface area (Å²) in [6.45, 7) is 6.95. The molecule has 0 aromatic carbocycles. The lowest BCUT2D eigenvalue weighted by Gasteiger charge is -2.33. The standard InChI is InChI=1S/C11H18N2S/c1-11(2,3)7-4-5-9-8(6-7)13-10(12)14-9/h7H,4-6H2,1-3H3,(H2,12,13). The van der Waals surface area contributed by atoms with Crippen LogP contribution in [-0.2, 0) is 12.8 Å². The van der Waals surface area contributed by atoms with Crippen LogP contribution >= 0.6 is 11.3 Å². The van der Waals surface area contributed by atoms with Gasteiger partial charge in [0.2, 0.25) is 0 Å². The van der Waals surface area contributed by atoms with Crippen LogP contribution in [0.2, 0.25) is 0 Å². The molecule has 0 saturated heterocycles. The molecule has 1 heterocycles. The topological polar surface area (TPSA) is 38.9 Å². The Kier molecular flexibility index (Phi) is 2.30. The number of fused-ring (bicyclic) bond motifs is 1. The second-order valence-corrected chi connectivity index (χ2v) is 6.34. The van der Waals surface area contributed by atoms with E-state index in [1.807, 2.05) is 0 Å². The molecule has 1 unspecified atom stereocenters. The summed E-state index contributed by atoms with van der Waals surface area (Å²) < 4.78 is 0. The van der Waals surface area contributed by atoms with E-state index in [2.05, 4.69) is 25.8 Å². The van der Waals surface area contributed by atoms with E-state index in [4.69, 9.17) is 5.73 Å². The fraction of sp³-hybridized carbons (Fsp3) is 0.727. The lowest BCUT2D eigenvalue weighted by atomic mass is 9.73. The van der Waals surface area contributed by atoms with Crippen molar-refractivity contribution >= 4 is 16.5 Å². The molecule has 2 N–H and O–H groups in total. The zero-order valence-electron chi connectivity index (χ0n) is 9.13. The summed E-state index contributed by atoms with van der Waals surface area (Å²) >= 11 is 1.67. The Morgan fingerprint density at radius 2 is 2.14 bits per heavy atom. The molecule has 1 aliphatic carbocycles. The Balaban J connectivity index is 2.21. The zero-order chi connectivity index (χ0) is 10.3. The van der Waals surface area contributed by atoms with Crippen molar-refractivity contribution in [1.29, 1.82) is 0 Å². The quantitative estimate of drug-likeness (QED) is 0.715. The van der Waals surface area contributed by atoms with E-state index in [-0.39, 0.29) is 0 Å². The van der Waals surface area contributed by atoms with Crippen molar-refractivity contribution in [2.75, 3.05) is 5.73 Å². The number of nitrogens with two attached hydrogens (primary N) is 1. The minimum absolute atomic E-state index is 0.399.